The van der Waals surface area contributed by atoms with Crippen LogP contribution in [0.4, 0.5) is 5.69 Å². The lowest BCUT2D eigenvalue weighted by Crippen LogP contribution is -2.17. The highest BCUT2D eigenvalue weighted by Crippen LogP contribution is 2.13. The van der Waals surface area contributed by atoms with Crippen LogP contribution in [0.5, 0.6) is 0 Å². The number of carbonyl (C=O) groups excluding carboxylic acids is 2. The topological polar surface area (TPSA) is 64.6 Å². The fourth-order valence-electron chi connectivity index (χ4n) is 1.71. The quantitative estimate of drug-likeness (QED) is 0.800. The van der Waals surface area contributed by atoms with E-state index >= 15 is 0 Å². The number of esters is 1. The number of nitrogens with one attached hydrogen (secondary N) is 1. The highest BCUT2D eigenvalue weighted by molar-refractivity contribution is 5.94. The number of hydrogen-bond donors (Lipinski definition) is 1. The smallest absolute Gasteiger partial charge is 0.337 e. The van der Waals surface area contributed by atoms with Crippen LogP contribution >= 0.6 is 0 Å². The van der Waals surface area contributed by atoms with Crippen LogP contribution in [0.15, 0.2) is 24.3 Å². The van der Waals surface area contributed by atoms with Crippen molar-refractivity contribution in [2.45, 2.75) is 13.3 Å². The van der Waals surface area contributed by atoms with Gasteiger partial charge in [0.2, 0.25) is 5.91 Å². The molecule has 5 nitrogen and oxygen atoms in total. The van der Waals surface area contributed by atoms with Gasteiger partial charge in [-0.2, -0.15) is 0 Å². The van der Waals surface area contributed by atoms with Crippen molar-refractivity contribution in [3.8, 4) is 0 Å². The molecule has 0 radical (unpaired) electrons. The molecule has 0 aliphatic heterocycles. The Morgan fingerprint density at radius 1 is 1.32 bits per heavy atom. The second kappa shape index (κ2) is 7.53. The number of methoxy groups -OCH3 is 2. The molecule has 0 bridgehead atoms. The lowest BCUT2D eigenvalue weighted by molar-refractivity contribution is -0.117. The molecule has 0 spiro atoms. The minimum absolute atomic E-state index is 0.105. The zero-order valence-corrected chi connectivity index (χ0v) is 11.4. The summed E-state index contributed by atoms with van der Waals surface area (Å²) in [5.41, 5.74) is 0.989. The first-order chi connectivity index (χ1) is 9.06. The van der Waals surface area contributed by atoms with E-state index in [9.17, 15) is 9.59 Å². The van der Waals surface area contributed by atoms with E-state index in [0.29, 0.717) is 24.3 Å². The lowest BCUT2D eigenvalue weighted by atomic mass is 10.1. The maximum Gasteiger partial charge on any atom is 0.337 e. The first-order valence-corrected chi connectivity index (χ1v) is 6.04. The van der Waals surface area contributed by atoms with Crippen molar-refractivity contribution in [2.24, 2.45) is 5.92 Å². The predicted molar refractivity (Wildman–Crippen MR) is 72.1 cm³/mol. The largest absolute Gasteiger partial charge is 0.465 e. The molecule has 1 rings (SSSR count). The Morgan fingerprint density at radius 3 is 2.68 bits per heavy atom. The number of rotatable bonds is 6. The van der Waals surface area contributed by atoms with Crippen LogP contribution in [0.3, 0.4) is 0 Å². The van der Waals surface area contributed by atoms with Gasteiger partial charge < -0.3 is 14.8 Å². The van der Waals surface area contributed by atoms with Gasteiger partial charge >= 0.3 is 5.97 Å². The Kier molecular flexibility index (Phi) is 6.02. The van der Waals surface area contributed by atoms with E-state index in [-0.39, 0.29) is 11.8 Å². The second-order valence-electron chi connectivity index (χ2n) is 4.39. The molecule has 104 valence electrons. The molecule has 19 heavy (non-hydrogen) atoms. The SMILES string of the molecule is COCC(C)CC(=O)Nc1cccc(C(=O)OC)c1. The molecule has 0 saturated heterocycles. The summed E-state index contributed by atoms with van der Waals surface area (Å²) in [6.45, 7) is 2.48. The minimum Gasteiger partial charge on any atom is -0.465 e. The molecule has 1 amide bonds. The molecule has 1 aromatic rings. The van der Waals surface area contributed by atoms with E-state index in [0.717, 1.165) is 0 Å². The molecular formula is C14H19NO4. The molecule has 0 saturated carbocycles. The van der Waals surface area contributed by atoms with E-state index in [4.69, 9.17) is 4.74 Å². The fraction of sp³-hybridized carbons (Fsp3) is 0.429. The Morgan fingerprint density at radius 2 is 2.05 bits per heavy atom. The van der Waals surface area contributed by atoms with Gasteiger partial charge in [0.25, 0.3) is 0 Å². The highest BCUT2D eigenvalue weighted by atomic mass is 16.5. The van der Waals surface area contributed by atoms with E-state index in [1.165, 1.54) is 7.11 Å². The Labute approximate surface area is 112 Å². The van der Waals surface area contributed by atoms with Crippen molar-refractivity contribution in [2.75, 3.05) is 26.1 Å². The first kappa shape index (κ1) is 15.2. The molecule has 5 heteroatoms. The highest BCUT2D eigenvalue weighted by Gasteiger charge is 2.10. The van der Waals surface area contributed by atoms with Crippen molar-refractivity contribution < 1.29 is 19.1 Å². The number of anilines is 1. The number of hydrogen-bond acceptors (Lipinski definition) is 4. The van der Waals surface area contributed by atoms with Crippen LogP contribution in [0.2, 0.25) is 0 Å². The molecule has 0 heterocycles. The van der Waals surface area contributed by atoms with Gasteiger partial charge in [0, 0.05) is 25.8 Å². The molecule has 0 fully saturated rings. The maximum absolute atomic E-state index is 11.8. The monoisotopic (exact) mass is 265 g/mol. The average Bonchev–Trinajstić information content (AvgIpc) is 2.38. The Hall–Kier alpha value is -1.88. The number of ether oxygens (including phenoxy) is 2. The van der Waals surface area contributed by atoms with Crippen molar-refractivity contribution >= 4 is 17.6 Å². The second-order valence-corrected chi connectivity index (χ2v) is 4.39. The Balaban J connectivity index is 2.62. The third-order valence-corrected chi connectivity index (χ3v) is 2.55. The van der Waals surface area contributed by atoms with Gasteiger partial charge in [-0.1, -0.05) is 13.0 Å². The van der Waals surface area contributed by atoms with Gasteiger partial charge in [-0.25, -0.2) is 4.79 Å². The summed E-state index contributed by atoms with van der Waals surface area (Å²) in [5.74, 6) is -0.385. The van der Waals surface area contributed by atoms with Crippen LogP contribution in [-0.4, -0.2) is 32.7 Å². The van der Waals surface area contributed by atoms with Gasteiger partial charge in [-0.3, -0.25) is 4.79 Å². The van der Waals surface area contributed by atoms with E-state index in [2.05, 4.69) is 10.1 Å². The molecule has 1 N–H and O–H groups in total. The molecule has 1 unspecified atom stereocenters. The summed E-state index contributed by atoms with van der Waals surface area (Å²) in [5, 5.41) is 2.75. The van der Waals surface area contributed by atoms with Crippen molar-refractivity contribution in [3.05, 3.63) is 29.8 Å². The van der Waals surface area contributed by atoms with Gasteiger partial charge in [0.15, 0.2) is 0 Å². The molecule has 0 aliphatic rings. The van der Waals surface area contributed by atoms with Crippen LogP contribution in [0.1, 0.15) is 23.7 Å². The van der Waals surface area contributed by atoms with E-state index < -0.39 is 5.97 Å². The third kappa shape index (κ3) is 5.09. The Bertz CT molecular complexity index is 445. The molecule has 0 aliphatic carbocycles. The van der Waals surface area contributed by atoms with Crippen molar-refractivity contribution in [1.29, 1.82) is 0 Å². The van der Waals surface area contributed by atoms with E-state index in [1.807, 2.05) is 6.92 Å². The van der Waals surface area contributed by atoms with E-state index in [1.54, 1.807) is 31.4 Å². The molecular weight excluding hydrogens is 246 g/mol. The zero-order valence-electron chi connectivity index (χ0n) is 11.4. The summed E-state index contributed by atoms with van der Waals surface area (Å²) >= 11 is 0. The minimum atomic E-state index is -0.427. The van der Waals surface area contributed by atoms with Crippen LogP contribution in [0.25, 0.3) is 0 Å². The summed E-state index contributed by atoms with van der Waals surface area (Å²) < 4.78 is 9.60. The first-order valence-electron chi connectivity index (χ1n) is 6.04. The van der Waals surface area contributed by atoms with Crippen LogP contribution in [0, 0.1) is 5.92 Å². The standard InChI is InChI=1S/C14H19NO4/c1-10(9-18-2)7-13(16)15-12-6-4-5-11(8-12)14(17)19-3/h4-6,8,10H,7,9H2,1-3H3,(H,15,16). The van der Waals surface area contributed by atoms with Gasteiger partial charge in [-0.15, -0.1) is 0 Å². The van der Waals surface area contributed by atoms with Crippen LogP contribution < -0.4 is 5.32 Å². The number of benzene rings is 1. The number of amides is 1. The van der Waals surface area contributed by atoms with Crippen molar-refractivity contribution in [1.82, 2.24) is 0 Å². The summed E-state index contributed by atoms with van der Waals surface area (Å²) in [7, 11) is 2.92. The zero-order chi connectivity index (χ0) is 14.3. The number of carbonyl (C=O) groups is 2. The predicted octanol–water partition coefficient (Wildman–Crippen LogP) is 2.08. The van der Waals surface area contributed by atoms with Gasteiger partial charge in [-0.05, 0) is 24.1 Å². The maximum atomic E-state index is 11.8. The molecule has 1 atom stereocenters. The fourth-order valence-corrected chi connectivity index (χ4v) is 1.71. The summed E-state index contributed by atoms with van der Waals surface area (Å²) in [6, 6.07) is 6.64. The average molecular weight is 265 g/mol. The molecule has 1 aromatic carbocycles. The van der Waals surface area contributed by atoms with Crippen LogP contribution in [-0.2, 0) is 14.3 Å². The molecule has 0 aromatic heterocycles. The summed E-state index contributed by atoms with van der Waals surface area (Å²) in [4.78, 5) is 23.1. The van der Waals surface area contributed by atoms with Gasteiger partial charge in [0.1, 0.15) is 0 Å². The normalized spacial score (nSPS) is 11.7. The van der Waals surface area contributed by atoms with Crippen molar-refractivity contribution in [3.63, 3.8) is 0 Å². The lowest BCUT2D eigenvalue weighted by Gasteiger charge is -2.11. The summed E-state index contributed by atoms with van der Waals surface area (Å²) in [6.07, 6.45) is 0.371. The van der Waals surface area contributed by atoms with Gasteiger partial charge in [0.05, 0.1) is 12.7 Å². The third-order valence-electron chi connectivity index (χ3n) is 2.55.